The van der Waals surface area contributed by atoms with Crippen LogP contribution in [0.25, 0.3) is 11.3 Å². The van der Waals surface area contributed by atoms with Crippen molar-refractivity contribution in [3.05, 3.63) is 34.8 Å². The topological polar surface area (TPSA) is 67.9 Å². The number of aromatic nitrogens is 3. The van der Waals surface area contributed by atoms with E-state index in [0.29, 0.717) is 0 Å². The summed E-state index contributed by atoms with van der Waals surface area (Å²) in [7, 11) is 0. The number of esters is 1. The number of nitrogens with one attached hydrogen (secondary N) is 1. The Labute approximate surface area is 113 Å². The van der Waals surface area contributed by atoms with Gasteiger partial charge in [0, 0.05) is 0 Å². The second-order valence-corrected chi connectivity index (χ2v) is 3.69. The maximum absolute atomic E-state index is 13.6. The predicted molar refractivity (Wildman–Crippen MR) is 57.6 cm³/mol. The van der Waals surface area contributed by atoms with Crippen LogP contribution >= 0.6 is 0 Å². The number of H-pyrrole nitrogens is 1. The van der Waals surface area contributed by atoms with E-state index >= 15 is 0 Å². The third kappa shape index (κ3) is 2.32. The van der Waals surface area contributed by atoms with E-state index in [1.54, 1.807) is 0 Å². The molecule has 21 heavy (non-hydrogen) atoms. The molecule has 1 aromatic carbocycles. The lowest BCUT2D eigenvalue weighted by atomic mass is 10.1. The molecule has 1 heterocycles. The first-order valence-corrected chi connectivity index (χ1v) is 5.49. The van der Waals surface area contributed by atoms with Gasteiger partial charge in [0.2, 0.25) is 5.82 Å². The fourth-order valence-electron chi connectivity index (χ4n) is 1.56. The summed E-state index contributed by atoms with van der Waals surface area (Å²) in [6.45, 7) is 1.37. The summed E-state index contributed by atoms with van der Waals surface area (Å²) in [5.74, 6) is -12.0. The standard InChI is InChI=1S/C11H6F5N3O2/c1-2-21-11(20)10-9(17-19-18-10)3-4(12)6(14)8(16)7(15)5(3)13/h2H2,1H3,(H,17,18,19). The number of ether oxygens (including phenoxy) is 1. The molecule has 0 unspecified atom stereocenters. The number of hydrogen-bond acceptors (Lipinski definition) is 4. The Morgan fingerprint density at radius 3 is 2.05 bits per heavy atom. The highest BCUT2D eigenvalue weighted by Crippen LogP contribution is 2.31. The fourth-order valence-corrected chi connectivity index (χ4v) is 1.56. The van der Waals surface area contributed by atoms with Crippen molar-refractivity contribution in [3.63, 3.8) is 0 Å². The number of rotatable bonds is 3. The van der Waals surface area contributed by atoms with Gasteiger partial charge in [0.05, 0.1) is 12.2 Å². The molecule has 0 atom stereocenters. The predicted octanol–water partition coefficient (Wildman–Crippen LogP) is 2.34. The Hall–Kier alpha value is -2.52. The fraction of sp³-hybridized carbons (Fsp3) is 0.182. The molecule has 0 fully saturated rings. The Morgan fingerprint density at radius 2 is 1.52 bits per heavy atom. The van der Waals surface area contributed by atoms with Gasteiger partial charge in [-0.15, -0.1) is 5.10 Å². The second-order valence-electron chi connectivity index (χ2n) is 3.69. The van der Waals surface area contributed by atoms with Crippen LogP contribution in [0.3, 0.4) is 0 Å². The van der Waals surface area contributed by atoms with E-state index in [4.69, 9.17) is 0 Å². The zero-order valence-electron chi connectivity index (χ0n) is 10.3. The van der Waals surface area contributed by atoms with Gasteiger partial charge in [-0.25, -0.2) is 26.7 Å². The zero-order valence-corrected chi connectivity index (χ0v) is 10.3. The minimum Gasteiger partial charge on any atom is -0.461 e. The largest absolute Gasteiger partial charge is 0.461 e. The van der Waals surface area contributed by atoms with Gasteiger partial charge < -0.3 is 4.74 Å². The van der Waals surface area contributed by atoms with Gasteiger partial charge in [-0.1, -0.05) is 0 Å². The van der Waals surface area contributed by atoms with Crippen molar-refractivity contribution in [1.82, 2.24) is 15.4 Å². The van der Waals surface area contributed by atoms with Crippen LogP contribution < -0.4 is 0 Å². The maximum atomic E-state index is 13.6. The van der Waals surface area contributed by atoms with E-state index in [1.165, 1.54) is 6.92 Å². The highest BCUT2D eigenvalue weighted by atomic mass is 19.2. The van der Waals surface area contributed by atoms with E-state index in [1.807, 2.05) is 5.21 Å². The number of aromatic amines is 1. The Balaban J connectivity index is 2.70. The van der Waals surface area contributed by atoms with Crippen molar-refractivity contribution in [2.45, 2.75) is 6.92 Å². The van der Waals surface area contributed by atoms with Gasteiger partial charge in [-0.3, -0.25) is 0 Å². The third-order valence-electron chi connectivity index (χ3n) is 2.46. The van der Waals surface area contributed by atoms with Gasteiger partial charge in [-0.05, 0) is 6.92 Å². The molecule has 0 saturated heterocycles. The molecule has 0 aliphatic carbocycles. The van der Waals surface area contributed by atoms with Crippen molar-refractivity contribution in [2.75, 3.05) is 6.61 Å². The maximum Gasteiger partial charge on any atom is 0.361 e. The van der Waals surface area contributed by atoms with Crippen molar-refractivity contribution in [1.29, 1.82) is 0 Å². The number of benzene rings is 1. The van der Waals surface area contributed by atoms with Crippen molar-refractivity contribution < 1.29 is 31.5 Å². The molecular weight excluding hydrogens is 301 g/mol. The van der Waals surface area contributed by atoms with Crippen molar-refractivity contribution in [3.8, 4) is 11.3 Å². The molecule has 0 radical (unpaired) electrons. The van der Waals surface area contributed by atoms with Crippen LogP contribution in [0, 0.1) is 29.1 Å². The molecule has 112 valence electrons. The van der Waals surface area contributed by atoms with E-state index < -0.39 is 52.0 Å². The van der Waals surface area contributed by atoms with Crippen LogP contribution in [-0.4, -0.2) is 28.0 Å². The number of nitrogens with zero attached hydrogens (tertiary/aromatic N) is 2. The van der Waals surface area contributed by atoms with Gasteiger partial charge >= 0.3 is 5.97 Å². The molecule has 0 aliphatic heterocycles. The highest BCUT2D eigenvalue weighted by Gasteiger charge is 2.31. The molecule has 1 N–H and O–H groups in total. The van der Waals surface area contributed by atoms with Crippen LogP contribution in [0.4, 0.5) is 22.0 Å². The first-order chi connectivity index (χ1) is 9.90. The summed E-state index contributed by atoms with van der Waals surface area (Å²) in [5.41, 5.74) is -2.88. The van der Waals surface area contributed by atoms with Crippen LogP contribution in [0.5, 0.6) is 0 Å². The monoisotopic (exact) mass is 307 g/mol. The Kier molecular flexibility index (Phi) is 3.87. The number of carbonyl (C=O) groups is 1. The lowest BCUT2D eigenvalue weighted by Gasteiger charge is -2.06. The van der Waals surface area contributed by atoms with Crippen molar-refractivity contribution >= 4 is 5.97 Å². The molecule has 1 aromatic heterocycles. The van der Waals surface area contributed by atoms with E-state index in [9.17, 15) is 26.7 Å². The molecule has 0 amide bonds. The molecule has 0 saturated carbocycles. The van der Waals surface area contributed by atoms with Gasteiger partial charge in [0.25, 0.3) is 0 Å². The number of hydrogen-bond donors (Lipinski definition) is 1. The minimum absolute atomic E-state index is 0.0811. The molecule has 0 aliphatic rings. The van der Waals surface area contributed by atoms with E-state index in [-0.39, 0.29) is 6.61 Å². The normalized spacial score (nSPS) is 10.8. The quantitative estimate of drug-likeness (QED) is 0.409. The highest BCUT2D eigenvalue weighted by molar-refractivity contribution is 5.94. The Bertz CT molecular complexity index is 687. The molecule has 2 rings (SSSR count). The van der Waals surface area contributed by atoms with Gasteiger partial charge in [0.1, 0.15) is 5.69 Å². The second kappa shape index (κ2) is 5.46. The minimum atomic E-state index is -2.31. The molecule has 10 heteroatoms. The lowest BCUT2D eigenvalue weighted by molar-refractivity contribution is 0.0520. The Morgan fingerprint density at radius 1 is 1.00 bits per heavy atom. The smallest absolute Gasteiger partial charge is 0.361 e. The van der Waals surface area contributed by atoms with E-state index in [2.05, 4.69) is 14.9 Å². The first-order valence-electron chi connectivity index (χ1n) is 5.49. The summed E-state index contributed by atoms with van der Waals surface area (Å²) < 4.78 is 71.1. The molecule has 2 aromatic rings. The summed E-state index contributed by atoms with van der Waals surface area (Å²) >= 11 is 0. The van der Waals surface area contributed by atoms with E-state index in [0.717, 1.165) is 0 Å². The summed E-state index contributed by atoms with van der Waals surface area (Å²) in [4.78, 5) is 11.5. The molecule has 0 bridgehead atoms. The number of carbonyl (C=O) groups excluding carboxylic acids is 1. The van der Waals surface area contributed by atoms with Crippen LogP contribution in [0.15, 0.2) is 0 Å². The summed E-state index contributed by atoms with van der Waals surface area (Å²) in [6.07, 6.45) is 0. The average Bonchev–Trinajstić information content (AvgIpc) is 2.93. The van der Waals surface area contributed by atoms with Crippen LogP contribution in [0.2, 0.25) is 0 Å². The molecular formula is C11H6F5N3O2. The first kappa shape index (κ1) is 14.9. The lowest BCUT2D eigenvalue weighted by Crippen LogP contribution is -2.10. The summed E-state index contributed by atoms with van der Waals surface area (Å²) in [5, 5.41) is 8.41. The third-order valence-corrected chi connectivity index (χ3v) is 2.46. The summed E-state index contributed by atoms with van der Waals surface area (Å²) in [6, 6.07) is 0. The van der Waals surface area contributed by atoms with Gasteiger partial charge in [-0.2, -0.15) is 10.3 Å². The van der Waals surface area contributed by atoms with Crippen LogP contribution in [0.1, 0.15) is 17.4 Å². The molecule has 5 nitrogen and oxygen atoms in total. The van der Waals surface area contributed by atoms with Crippen molar-refractivity contribution in [2.24, 2.45) is 0 Å². The average molecular weight is 307 g/mol. The SMILES string of the molecule is CCOC(=O)c1n[nH]nc1-c1c(F)c(F)c(F)c(F)c1F. The zero-order chi connectivity index (χ0) is 15.7. The number of halogens is 5. The van der Waals surface area contributed by atoms with Gasteiger partial charge in [0.15, 0.2) is 29.0 Å². The molecule has 0 spiro atoms. The van der Waals surface area contributed by atoms with Crippen LogP contribution in [-0.2, 0) is 4.74 Å².